The second kappa shape index (κ2) is 7.21. The normalized spacial score (nSPS) is 11.2. The Balaban J connectivity index is 0.00000169. The van der Waals surface area contributed by atoms with Crippen molar-refractivity contribution in [2.75, 3.05) is 7.11 Å². The zero-order chi connectivity index (χ0) is 9.68. The van der Waals surface area contributed by atoms with E-state index < -0.39 is 14.2 Å². The third kappa shape index (κ3) is 4.40. The molecule has 0 amide bonds. The average Bonchev–Trinajstić information content (AvgIpc) is 2.19. The maximum Gasteiger partial charge on any atom is 0.369 e. The predicted octanol–water partition coefficient (Wildman–Crippen LogP) is 1.50. The van der Waals surface area contributed by atoms with Crippen molar-refractivity contribution in [3.63, 3.8) is 0 Å². The molecular weight excluding hydrogens is 214 g/mol. The van der Waals surface area contributed by atoms with E-state index in [9.17, 15) is 9.36 Å². The van der Waals surface area contributed by atoms with Crippen LogP contribution < -0.4 is 0 Å². The van der Waals surface area contributed by atoms with Crippen molar-refractivity contribution < 1.29 is 18.4 Å². The maximum atomic E-state index is 11.1. The zero-order valence-corrected chi connectivity index (χ0v) is 11.0. The van der Waals surface area contributed by atoms with Crippen LogP contribution >= 0.6 is 8.25 Å². The van der Waals surface area contributed by atoms with Crippen molar-refractivity contribution in [1.82, 2.24) is 0 Å². The molecule has 71 valence electrons. The zero-order valence-electron chi connectivity index (χ0n) is 8.02. The van der Waals surface area contributed by atoms with Crippen LogP contribution in [0.15, 0.2) is 30.3 Å². The van der Waals surface area contributed by atoms with E-state index in [4.69, 9.17) is 0 Å². The van der Waals surface area contributed by atoms with Gasteiger partial charge in [-0.1, -0.05) is 18.2 Å². The largest absolute Gasteiger partial charge is 0.390 e. The van der Waals surface area contributed by atoms with Crippen molar-refractivity contribution >= 4 is 43.8 Å². The summed E-state index contributed by atoms with van der Waals surface area (Å²) in [4.78, 5) is 11.1. The summed E-state index contributed by atoms with van der Waals surface area (Å²) in [6.07, 6.45) is 0. The van der Waals surface area contributed by atoms with Gasteiger partial charge in [0.05, 0.1) is 5.56 Å². The standard InChI is InChI=1S/C8H9O4P.Na/c1-11-13(10)12-8(9)7-5-3-2-4-6-7;/h2-6,13H,1H3;. The fourth-order valence-corrected chi connectivity index (χ4v) is 1.10. The van der Waals surface area contributed by atoms with Gasteiger partial charge in [0.2, 0.25) is 0 Å². The van der Waals surface area contributed by atoms with Crippen molar-refractivity contribution in [3.05, 3.63) is 35.9 Å². The summed E-state index contributed by atoms with van der Waals surface area (Å²) in [5.41, 5.74) is 0.359. The van der Waals surface area contributed by atoms with Gasteiger partial charge >= 0.3 is 14.2 Å². The Hall–Kier alpha value is -0.120. The summed E-state index contributed by atoms with van der Waals surface area (Å²) in [5, 5.41) is 0. The molecule has 1 aromatic carbocycles. The molecule has 0 saturated heterocycles. The molecule has 1 unspecified atom stereocenters. The Bertz CT molecular complexity index is 314. The number of hydrogen-bond acceptors (Lipinski definition) is 4. The quantitative estimate of drug-likeness (QED) is 0.575. The van der Waals surface area contributed by atoms with Crippen molar-refractivity contribution in [2.45, 2.75) is 0 Å². The predicted molar refractivity (Wildman–Crippen MR) is 53.6 cm³/mol. The Morgan fingerprint density at radius 3 is 2.36 bits per heavy atom. The molecule has 0 heterocycles. The van der Waals surface area contributed by atoms with Crippen LogP contribution in [-0.4, -0.2) is 42.6 Å². The van der Waals surface area contributed by atoms with E-state index in [2.05, 4.69) is 9.05 Å². The summed E-state index contributed by atoms with van der Waals surface area (Å²) in [6.45, 7) is 0. The van der Waals surface area contributed by atoms with E-state index in [0.29, 0.717) is 5.56 Å². The van der Waals surface area contributed by atoms with Gasteiger partial charge in [-0.15, -0.1) is 0 Å². The molecule has 0 aromatic heterocycles. The number of benzene rings is 1. The minimum absolute atomic E-state index is 0. The summed E-state index contributed by atoms with van der Waals surface area (Å²) >= 11 is 0. The van der Waals surface area contributed by atoms with Crippen molar-refractivity contribution in [2.24, 2.45) is 0 Å². The van der Waals surface area contributed by atoms with E-state index in [-0.39, 0.29) is 29.6 Å². The second-order valence-electron chi connectivity index (χ2n) is 2.21. The molecule has 1 radical (unpaired) electrons. The monoisotopic (exact) mass is 223 g/mol. The molecule has 1 aromatic rings. The van der Waals surface area contributed by atoms with Gasteiger partial charge in [0.1, 0.15) is 0 Å². The molecule has 4 nitrogen and oxygen atoms in total. The van der Waals surface area contributed by atoms with Gasteiger partial charge in [-0.05, 0) is 12.1 Å². The first-order chi connectivity index (χ1) is 6.24. The SMILES string of the molecule is CO[PH](=O)OC(=O)c1ccccc1.[Na]. The Kier molecular flexibility index (Phi) is 7.15. The maximum absolute atomic E-state index is 11.1. The average molecular weight is 223 g/mol. The molecule has 0 aliphatic carbocycles. The number of carbonyl (C=O) groups excluding carboxylic acids is 1. The number of carbonyl (C=O) groups is 1. The van der Waals surface area contributed by atoms with E-state index in [1.807, 2.05) is 0 Å². The Morgan fingerprint density at radius 2 is 1.86 bits per heavy atom. The molecule has 0 bridgehead atoms. The fourth-order valence-electron chi connectivity index (χ4n) is 0.751. The third-order valence-corrected chi connectivity index (χ3v) is 2.04. The summed E-state index contributed by atoms with van der Waals surface area (Å²) in [5.74, 6) is -0.633. The molecule has 14 heavy (non-hydrogen) atoms. The minimum Gasteiger partial charge on any atom is -0.390 e. The molecule has 0 fully saturated rings. The fraction of sp³-hybridized carbons (Fsp3) is 0.125. The first kappa shape index (κ1) is 13.9. The summed E-state index contributed by atoms with van der Waals surface area (Å²) in [6, 6.07) is 8.32. The molecule has 1 atom stereocenters. The molecule has 0 spiro atoms. The van der Waals surface area contributed by atoms with Crippen LogP contribution in [0.1, 0.15) is 10.4 Å². The summed E-state index contributed by atoms with van der Waals surface area (Å²) in [7, 11) is -1.45. The van der Waals surface area contributed by atoms with Gasteiger partial charge < -0.3 is 9.05 Å². The molecule has 1 rings (SSSR count). The van der Waals surface area contributed by atoms with Gasteiger partial charge in [0.25, 0.3) is 0 Å². The molecular formula is C8H9NaO4P. The van der Waals surface area contributed by atoms with E-state index in [1.165, 1.54) is 7.11 Å². The summed E-state index contributed by atoms with van der Waals surface area (Å²) < 4.78 is 19.5. The molecule has 0 saturated carbocycles. The Morgan fingerprint density at radius 1 is 1.29 bits per heavy atom. The minimum atomic E-state index is -2.67. The van der Waals surface area contributed by atoms with Gasteiger partial charge in [0.15, 0.2) is 0 Å². The molecule has 0 aliphatic rings. The smallest absolute Gasteiger partial charge is 0.369 e. The molecule has 6 heteroatoms. The number of rotatable bonds is 3. The van der Waals surface area contributed by atoms with Gasteiger partial charge in [0, 0.05) is 36.7 Å². The van der Waals surface area contributed by atoms with Gasteiger partial charge in [-0.2, -0.15) is 0 Å². The van der Waals surface area contributed by atoms with Crippen molar-refractivity contribution in [3.8, 4) is 0 Å². The van der Waals surface area contributed by atoms with E-state index in [0.717, 1.165) is 0 Å². The van der Waals surface area contributed by atoms with Gasteiger partial charge in [-0.25, -0.2) is 9.36 Å². The van der Waals surface area contributed by atoms with Crippen LogP contribution in [-0.2, 0) is 13.6 Å². The van der Waals surface area contributed by atoms with E-state index in [1.54, 1.807) is 30.3 Å². The first-order valence-corrected chi connectivity index (χ1v) is 4.81. The third-order valence-electron chi connectivity index (χ3n) is 1.35. The topological polar surface area (TPSA) is 52.6 Å². The van der Waals surface area contributed by atoms with Crippen molar-refractivity contribution in [1.29, 1.82) is 0 Å². The van der Waals surface area contributed by atoms with Crippen LogP contribution in [0.25, 0.3) is 0 Å². The molecule has 0 aliphatic heterocycles. The molecule has 0 N–H and O–H groups in total. The van der Waals surface area contributed by atoms with Crippen LogP contribution in [0.4, 0.5) is 0 Å². The van der Waals surface area contributed by atoms with Crippen LogP contribution in [0.2, 0.25) is 0 Å². The van der Waals surface area contributed by atoms with E-state index >= 15 is 0 Å². The second-order valence-corrected chi connectivity index (χ2v) is 3.32. The Labute approximate surface area is 105 Å². The first-order valence-electron chi connectivity index (χ1n) is 3.59. The van der Waals surface area contributed by atoms with Crippen LogP contribution in [0.3, 0.4) is 0 Å². The van der Waals surface area contributed by atoms with Gasteiger partial charge in [-0.3, -0.25) is 0 Å². The van der Waals surface area contributed by atoms with Crippen LogP contribution in [0, 0.1) is 0 Å². The number of hydrogen-bond donors (Lipinski definition) is 0. The van der Waals surface area contributed by atoms with Crippen LogP contribution in [0.5, 0.6) is 0 Å².